The first-order valence-corrected chi connectivity index (χ1v) is 9.96. The molecule has 1 aliphatic heterocycles. The topological polar surface area (TPSA) is 52.3 Å². The highest BCUT2D eigenvalue weighted by Crippen LogP contribution is 2.48. The Hall–Kier alpha value is -3.16. The van der Waals surface area contributed by atoms with E-state index < -0.39 is 17.5 Å². The molecule has 1 atom stereocenters. The van der Waals surface area contributed by atoms with Crippen molar-refractivity contribution >= 4 is 29.6 Å². The molecule has 4 nitrogen and oxygen atoms in total. The maximum absolute atomic E-state index is 13.9. The van der Waals surface area contributed by atoms with Gasteiger partial charge in [0, 0.05) is 29.3 Å². The predicted molar refractivity (Wildman–Crippen MR) is 115 cm³/mol. The normalized spacial score (nSPS) is 17.0. The molecule has 0 aliphatic carbocycles. The second kappa shape index (κ2) is 7.93. The van der Waals surface area contributed by atoms with E-state index >= 15 is 0 Å². The van der Waals surface area contributed by atoms with Gasteiger partial charge in [0.1, 0.15) is 42.1 Å². The summed E-state index contributed by atoms with van der Waals surface area (Å²) in [6.45, 7) is 0.253. The SMILES string of the molecule is COc1ccc2c(c1)[N+](Cc1cc(F)cc(F)c1)(Sc1ccccc1C(N)=O)C=C2. The lowest BCUT2D eigenvalue weighted by molar-refractivity contribution is 0.0997. The second-order valence-electron chi connectivity index (χ2n) is 6.92. The third kappa shape index (κ3) is 3.81. The van der Waals surface area contributed by atoms with E-state index in [1.54, 1.807) is 19.2 Å². The van der Waals surface area contributed by atoms with Crippen molar-refractivity contribution in [1.82, 2.24) is 3.89 Å². The molecule has 7 heteroatoms. The van der Waals surface area contributed by atoms with E-state index in [9.17, 15) is 13.6 Å². The second-order valence-corrected chi connectivity index (χ2v) is 8.20. The van der Waals surface area contributed by atoms with E-state index in [-0.39, 0.29) is 10.4 Å². The smallest absolute Gasteiger partial charge is 0.250 e. The van der Waals surface area contributed by atoms with Crippen LogP contribution in [0.15, 0.2) is 71.8 Å². The van der Waals surface area contributed by atoms with Gasteiger partial charge in [-0.15, -0.1) is 0 Å². The highest BCUT2D eigenvalue weighted by atomic mass is 32.2. The van der Waals surface area contributed by atoms with E-state index in [0.717, 1.165) is 17.3 Å². The number of ether oxygens (including phenoxy) is 1. The zero-order chi connectivity index (χ0) is 21.3. The van der Waals surface area contributed by atoms with E-state index in [2.05, 4.69) is 0 Å². The quantitative estimate of drug-likeness (QED) is 0.432. The third-order valence-corrected chi connectivity index (χ3v) is 6.22. The molecular formula is C23H19F2N2O2S+. The highest BCUT2D eigenvalue weighted by molar-refractivity contribution is 7.99. The largest absolute Gasteiger partial charge is 0.497 e. The van der Waals surface area contributed by atoms with Crippen LogP contribution in [0.3, 0.4) is 0 Å². The van der Waals surface area contributed by atoms with Crippen molar-refractivity contribution in [2.75, 3.05) is 7.11 Å². The zero-order valence-electron chi connectivity index (χ0n) is 16.1. The van der Waals surface area contributed by atoms with Crippen LogP contribution in [-0.2, 0) is 6.54 Å². The van der Waals surface area contributed by atoms with Gasteiger partial charge in [0.05, 0.1) is 17.6 Å². The molecular weight excluding hydrogens is 406 g/mol. The molecule has 1 unspecified atom stereocenters. The number of fused-ring (bicyclic) bond motifs is 1. The van der Waals surface area contributed by atoms with Crippen molar-refractivity contribution in [3.8, 4) is 5.75 Å². The summed E-state index contributed by atoms with van der Waals surface area (Å²) in [6.07, 6.45) is 3.89. The molecule has 0 fully saturated rings. The highest BCUT2D eigenvalue weighted by Gasteiger charge is 2.39. The predicted octanol–water partition coefficient (Wildman–Crippen LogP) is 5.27. The molecule has 152 valence electrons. The summed E-state index contributed by atoms with van der Waals surface area (Å²) < 4.78 is 33.3. The lowest BCUT2D eigenvalue weighted by Crippen LogP contribution is -2.34. The molecule has 0 spiro atoms. The minimum atomic E-state index is -0.639. The van der Waals surface area contributed by atoms with Crippen LogP contribution < -0.4 is 14.4 Å². The first-order chi connectivity index (χ1) is 14.4. The number of rotatable bonds is 6. The Morgan fingerprint density at radius 2 is 1.80 bits per heavy atom. The fourth-order valence-electron chi connectivity index (χ4n) is 3.55. The van der Waals surface area contributed by atoms with Crippen LogP contribution in [0.25, 0.3) is 6.08 Å². The lowest BCUT2D eigenvalue weighted by Gasteiger charge is -2.30. The van der Waals surface area contributed by atoms with Gasteiger partial charge in [0.2, 0.25) is 5.91 Å². The van der Waals surface area contributed by atoms with Gasteiger partial charge >= 0.3 is 0 Å². The maximum Gasteiger partial charge on any atom is 0.250 e. The van der Waals surface area contributed by atoms with Crippen molar-refractivity contribution in [2.45, 2.75) is 11.4 Å². The summed E-state index contributed by atoms with van der Waals surface area (Å²) in [5.74, 6) is -1.16. The van der Waals surface area contributed by atoms with Crippen molar-refractivity contribution in [3.63, 3.8) is 0 Å². The zero-order valence-corrected chi connectivity index (χ0v) is 17.0. The fourth-order valence-corrected chi connectivity index (χ4v) is 4.90. The molecule has 0 radical (unpaired) electrons. The number of primary amides is 1. The van der Waals surface area contributed by atoms with Crippen LogP contribution in [-0.4, -0.2) is 13.0 Å². The van der Waals surface area contributed by atoms with Gasteiger partial charge in [-0.1, -0.05) is 12.1 Å². The Balaban J connectivity index is 1.85. The Morgan fingerprint density at radius 1 is 1.07 bits per heavy atom. The van der Waals surface area contributed by atoms with E-state index in [1.165, 1.54) is 24.1 Å². The Bertz CT molecular complexity index is 1150. The molecule has 0 saturated carbocycles. The van der Waals surface area contributed by atoms with Crippen LogP contribution >= 0.6 is 11.9 Å². The molecule has 1 heterocycles. The van der Waals surface area contributed by atoms with Gasteiger partial charge in [0.15, 0.2) is 5.69 Å². The number of nitrogens with two attached hydrogens (primary N) is 1. The summed E-state index contributed by atoms with van der Waals surface area (Å²) in [5.41, 5.74) is 8.27. The molecule has 1 amide bonds. The minimum Gasteiger partial charge on any atom is -0.497 e. The number of hydrogen-bond acceptors (Lipinski definition) is 3. The summed E-state index contributed by atoms with van der Waals surface area (Å²) >= 11 is 1.37. The molecule has 4 rings (SSSR count). The van der Waals surface area contributed by atoms with E-state index in [1.807, 2.05) is 42.6 Å². The van der Waals surface area contributed by atoms with Crippen molar-refractivity contribution in [3.05, 3.63) is 95.2 Å². The van der Waals surface area contributed by atoms with Gasteiger partial charge in [0.25, 0.3) is 0 Å². The summed E-state index contributed by atoms with van der Waals surface area (Å²) in [7, 11) is 1.58. The molecule has 2 N–H and O–H groups in total. The van der Waals surface area contributed by atoms with Gasteiger partial charge < -0.3 is 10.5 Å². The Labute approximate surface area is 177 Å². The Kier molecular flexibility index (Phi) is 5.32. The van der Waals surface area contributed by atoms with Crippen molar-refractivity contribution < 1.29 is 18.3 Å². The Morgan fingerprint density at radius 3 is 2.50 bits per heavy atom. The van der Waals surface area contributed by atoms with Crippen LogP contribution in [0.2, 0.25) is 0 Å². The standard InChI is InChI=1S/C23H18F2N2O2S/c1-29-19-7-6-16-8-9-27(21(16)13-19,14-15-10-17(24)12-18(25)11-15)30-22-5-3-2-4-20(22)23(26)28/h2-13H,14H2,1H3,(H-,26,28)/p+1. The van der Waals surface area contributed by atoms with E-state index in [4.69, 9.17) is 10.5 Å². The number of halogens is 2. The third-order valence-electron chi connectivity index (χ3n) is 4.89. The van der Waals surface area contributed by atoms with Crippen LogP contribution in [0.5, 0.6) is 5.75 Å². The number of amides is 1. The molecule has 1 aliphatic rings. The average Bonchev–Trinajstić information content (AvgIpc) is 3.04. The van der Waals surface area contributed by atoms with E-state index in [0.29, 0.717) is 21.8 Å². The molecule has 3 aromatic carbocycles. The first-order valence-electron chi connectivity index (χ1n) is 9.19. The summed E-state index contributed by atoms with van der Waals surface area (Å²) in [6, 6.07) is 16.2. The van der Waals surface area contributed by atoms with Gasteiger partial charge in [-0.05, 0) is 36.4 Å². The monoisotopic (exact) mass is 425 g/mol. The van der Waals surface area contributed by atoms with Gasteiger partial charge in [-0.25, -0.2) is 8.78 Å². The number of carbonyl (C=O) groups excluding carboxylic acids is 1. The van der Waals surface area contributed by atoms with Crippen LogP contribution in [0, 0.1) is 11.6 Å². The molecule has 0 aromatic heterocycles. The van der Waals surface area contributed by atoms with Gasteiger partial charge in [-0.2, -0.15) is 3.89 Å². The number of benzene rings is 3. The van der Waals surface area contributed by atoms with Crippen LogP contribution in [0.4, 0.5) is 14.5 Å². The maximum atomic E-state index is 13.9. The number of carbonyl (C=O) groups is 1. The molecule has 0 bridgehead atoms. The fraction of sp³-hybridized carbons (Fsp3) is 0.0870. The van der Waals surface area contributed by atoms with Crippen molar-refractivity contribution in [2.24, 2.45) is 5.73 Å². The number of quaternary nitrogens is 1. The van der Waals surface area contributed by atoms with Crippen LogP contribution in [0.1, 0.15) is 21.5 Å². The van der Waals surface area contributed by atoms with Gasteiger partial charge in [-0.3, -0.25) is 4.79 Å². The molecule has 0 saturated heterocycles. The average molecular weight is 425 g/mol. The molecule has 30 heavy (non-hydrogen) atoms. The van der Waals surface area contributed by atoms with Crippen molar-refractivity contribution in [1.29, 1.82) is 0 Å². The minimum absolute atomic E-state index is 0.153. The summed E-state index contributed by atoms with van der Waals surface area (Å²) in [4.78, 5) is 12.6. The number of nitrogens with zero attached hydrogens (tertiary/aromatic N) is 1. The molecule has 3 aromatic rings. The number of hydrogen-bond donors (Lipinski definition) is 1. The lowest BCUT2D eigenvalue weighted by atomic mass is 10.1. The first kappa shape index (κ1) is 20.1. The number of methoxy groups -OCH3 is 1. The summed E-state index contributed by atoms with van der Waals surface area (Å²) in [5, 5.41) is 0.